The van der Waals surface area contributed by atoms with Crippen molar-refractivity contribution >= 4 is 23.2 Å². The monoisotopic (exact) mass is 310 g/mol. The summed E-state index contributed by atoms with van der Waals surface area (Å²) >= 11 is 0. The van der Waals surface area contributed by atoms with E-state index in [-0.39, 0.29) is 18.2 Å². The van der Waals surface area contributed by atoms with Crippen LogP contribution in [0, 0.1) is 5.82 Å². The van der Waals surface area contributed by atoms with Gasteiger partial charge in [0.2, 0.25) is 11.8 Å². The van der Waals surface area contributed by atoms with Crippen molar-refractivity contribution in [1.29, 1.82) is 0 Å². The molecule has 1 unspecified atom stereocenters. The quantitative estimate of drug-likeness (QED) is 0.880. The number of anilines is 2. The van der Waals surface area contributed by atoms with E-state index in [9.17, 15) is 14.0 Å². The van der Waals surface area contributed by atoms with Gasteiger partial charge in [0.05, 0.1) is 5.92 Å². The smallest absolute Gasteiger partial charge is 0.235 e. The molecule has 0 aromatic heterocycles. The van der Waals surface area contributed by atoms with E-state index in [1.807, 2.05) is 24.3 Å². The van der Waals surface area contributed by atoms with Gasteiger partial charge >= 0.3 is 0 Å². The van der Waals surface area contributed by atoms with Crippen LogP contribution < -0.4 is 10.2 Å². The van der Waals surface area contributed by atoms with E-state index in [2.05, 4.69) is 5.32 Å². The molecule has 4 nitrogen and oxygen atoms in total. The van der Waals surface area contributed by atoms with Gasteiger partial charge in [0.25, 0.3) is 0 Å². The Labute approximate surface area is 132 Å². The Hall–Kier alpha value is -2.69. The number of carbonyl (C=O) groups is 2. The van der Waals surface area contributed by atoms with Crippen molar-refractivity contribution in [2.24, 2.45) is 0 Å². The fraction of sp³-hybridized carbons (Fsp3) is 0.222. The van der Waals surface area contributed by atoms with E-state index in [1.54, 1.807) is 11.0 Å². The molecule has 2 heterocycles. The summed E-state index contributed by atoms with van der Waals surface area (Å²) in [4.78, 5) is 26.7. The van der Waals surface area contributed by atoms with Crippen molar-refractivity contribution in [2.45, 2.75) is 18.8 Å². The molecule has 23 heavy (non-hydrogen) atoms. The number of para-hydroxylation sites is 1. The Bertz CT molecular complexity index is 818. The van der Waals surface area contributed by atoms with Crippen LogP contribution in [-0.2, 0) is 16.0 Å². The van der Waals surface area contributed by atoms with Crippen LogP contribution in [0.2, 0.25) is 0 Å². The second kappa shape index (κ2) is 5.19. The second-order valence-corrected chi connectivity index (χ2v) is 5.91. The molecule has 2 amide bonds. The molecule has 1 atom stereocenters. The maximum absolute atomic E-state index is 13.4. The first-order valence-electron chi connectivity index (χ1n) is 7.62. The molecule has 116 valence electrons. The van der Waals surface area contributed by atoms with E-state index >= 15 is 0 Å². The van der Waals surface area contributed by atoms with Gasteiger partial charge in [-0.1, -0.05) is 24.3 Å². The van der Waals surface area contributed by atoms with Gasteiger partial charge in [0.1, 0.15) is 5.82 Å². The van der Waals surface area contributed by atoms with Gasteiger partial charge in [-0.25, -0.2) is 4.39 Å². The van der Waals surface area contributed by atoms with Crippen LogP contribution in [0.1, 0.15) is 23.5 Å². The zero-order chi connectivity index (χ0) is 16.0. The Balaban J connectivity index is 1.72. The third-order valence-electron chi connectivity index (χ3n) is 4.51. The van der Waals surface area contributed by atoms with Gasteiger partial charge in [-0.3, -0.25) is 9.59 Å². The van der Waals surface area contributed by atoms with E-state index in [1.165, 1.54) is 12.1 Å². The molecular formula is C18H15FN2O2. The predicted octanol–water partition coefficient (Wildman–Crippen LogP) is 2.84. The maximum Gasteiger partial charge on any atom is 0.235 e. The van der Waals surface area contributed by atoms with Crippen LogP contribution in [0.5, 0.6) is 0 Å². The van der Waals surface area contributed by atoms with Crippen LogP contribution in [0.15, 0.2) is 42.5 Å². The highest BCUT2D eigenvalue weighted by Crippen LogP contribution is 2.37. The first kappa shape index (κ1) is 13.9. The minimum atomic E-state index is -0.564. The normalized spacial score (nSPS) is 19.1. The summed E-state index contributed by atoms with van der Waals surface area (Å²) in [7, 11) is 0. The van der Waals surface area contributed by atoms with Crippen LogP contribution >= 0.6 is 0 Å². The van der Waals surface area contributed by atoms with Crippen molar-refractivity contribution in [3.05, 3.63) is 59.4 Å². The summed E-state index contributed by atoms with van der Waals surface area (Å²) in [5, 5.41) is 2.65. The zero-order valence-electron chi connectivity index (χ0n) is 12.4. The first-order valence-corrected chi connectivity index (χ1v) is 7.62. The number of carbonyl (C=O) groups excluding carboxylic acids is 2. The first-order chi connectivity index (χ1) is 11.1. The largest absolute Gasteiger partial charge is 0.326 e. The van der Waals surface area contributed by atoms with Gasteiger partial charge < -0.3 is 10.2 Å². The summed E-state index contributed by atoms with van der Waals surface area (Å²) < 4.78 is 13.4. The van der Waals surface area contributed by atoms with Crippen molar-refractivity contribution in [1.82, 2.24) is 0 Å². The molecule has 2 aliphatic rings. The number of hydrogen-bond acceptors (Lipinski definition) is 2. The third-order valence-corrected chi connectivity index (χ3v) is 4.51. The minimum Gasteiger partial charge on any atom is -0.326 e. The summed E-state index contributed by atoms with van der Waals surface area (Å²) in [6, 6.07) is 12.0. The number of nitrogens with zero attached hydrogens (tertiary/aromatic N) is 1. The molecule has 4 rings (SSSR count). The third kappa shape index (κ3) is 2.29. The molecule has 1 N–H and O–H groups in total. The Morgan fingerprint density at radius 2 is 2.04 bits per heavy atom. The summed E-state index contributed by atoms with van der Waals surface area (Å²) in [5.74, 6) is -1.35. The SMILES string of the molecule is O=C1CC(C(=O)N2CCc3ccccc32)c2ccc(F)cc2N1. The summed E-state index contributed by atoms with van der Waals surface area (Å²) in [6.45, 7) is 0.618. The number of amides is 2. The molecule has 5 heteroatoms. The van der Waals surface area contributed by atoms with Gasteiger partial charge in [-0.15, -0.1) is 0 Å². The molecule has 0 fully saturated rings. The lowest BCUT2D eigenvalue weighted by Gasteiger charge is -2.28. The van der Waals surface area contributed by atoms with E-state index in [0.717, 1.165) is 17.7 Å². The van der Waals surface area contributed by atoms with Crippen molar-refractivity contribution in [3.63, 3.8) is 0 Å². The highest BCUT2D eigenvalue weighted by atomic mass is 19.1. The number of nitrogens with one attached hydrogen (secondary N) is 1. The van der Waals surface area contributed by atoms with Crippen LogP contribution in [0.25, 0.3) is 0 Å². The fourth-order valence-electron chi connectivity index (χ4n) is 3.41. The maximum atomic E-state index is 13.4. The number of fused-ring (bicyclic) bond motifs is 2. The molecular weight excluding hydrogens is 295 g/mol. The van der Waals surface area contributed by atoms with E-state index in [0.29, 0.717) is 17.8 Å². The molecule has 0 spiro atoms. The fourth-order valence-corrected chi connectivity index (χ4v) is 3.41. The average molecular weight is 310 g/mol. The second-order valence-electron chi connectivity index (χ2n) is 5.91. The van der Waals surface area contributed by atoms with Crippen molar-refractivity contribution < 1.29 is 14.0 Å². The number of rotatable bonds is 1. The molecule has 0 bridgehead atoms. The van der Waals surface area contributed by atoms with Gasteiger partial charge in [0, 0.05) is 24.3 Å². The number of hydrogen-bond donors (Lipinski definition) is 1. The summed E-state index contributed by atoms with van der Waals surface area (Å²) in [6.07, 6.45) is 0.910. The molecule has 0 saturated carbocycles. The minimum absolute atomic E-state index is 0.0934. The molecule has 2 aliphatic heterocycles. The zero-order valence-corrected chi connectivity index (χ0v) is 12.4. The molecule has 0 aliphatic carbocycles. The number of halogens is 1. The Morgan fingerprint density at radius 3 is 2.91 bits per heavy atom. The lowest BCUT2D eigenvalue weighted by Crippen LogP contribution is -2.37. The highest BCUT2D eigenvalue weighted by molar-refractivity contribution is 6.06. The average Bonchev–Trinajstić information content (AvgIpc) is 2.97. The van der Waals surface area contributed by atoms with Crippen LogP contribution in [0.4, 0.5) is 15.8 Å². The Kier molecular flexibility index (Phi) is 3.15. The van der Waals surface area contributed by atoms with Gasteiger partial charge in [-0.05, 0) is 35.7 Å². The van der Waals surface area contributed by atoms with Crippen LogP contribution in [-0.4, -0.2) is 18.4 Å². The van der Waals surface area contributed by atoms with Crippen molar-refractivity contribution in [2.75, 3.05) is 16.8 Å². The predicted molar refractivity (Wildman–Crippen MR) is 84.9 cm³/mol. The highest BCUT2D eigenvalue weighted by Gasteiger charge is 2.36. The topological polar surface area (TPSA) is 49.4 Å². The van der Waals surface area contributed by atoms with Crippen molar-refractivity contribution in [3.8, 4) is 0 Å². The van der Waals surface area contributed by atoms with Gasteiger partial charge in [-0.2, -0.15) is 0 Å². The van der Waals surface area contributed by atoms with Crippen LogP contribution in [0.3, 0.4) is 0 Å². The van der Waals surface area contributed by atoms with Gasteiger partial charge in [0.15, 0.2) is 0 Å². The molecule has 0 radical (unpaired) electrons. The van der Waals surface area contributed by atoms with E-state index in [4.69, 9.17) is 0 Å². The number of benzene rings is 2. The molecule has 2 aromatic carbocycles. The lowest BCUT2D eigenvalue weighted by atomic mass is 9.89. The standard InChI is InChI=1S/C18H15FN2O2/c19-12-5-6-13-14(10-17(22)20-15(13)9-12)18(23)21-8-7-11-3-1-2-4-16(11)21/h1-6,9,14H,7-8,10H2,(H,20,22). The Morgan fingerprint density at radius 1 is 1.22 bits per heavy atom. The lowest BCUT2D eigenvalue weighted by molar-refractivity contribution is -0.124. The molecule has 0 saturated heterocycles. The summed E-state index contributed by atoms with van der Waals surface area (Å²) in [5.41, 5.74) is 3.13. The van der Waals surface area contributed by atoms with E-state index < -0.39 is 11.7 Å². The molecule has 2 aromatic rings.